The monoisotopic (exact) mass is 278 g/mol. The highest BCUT2D eigenvalue weighted by Crippen LogP contribution is 2.05. The van der Waals surface area contributed by atoms with E-state index in [1.165, 1.54) is 12.1 Å². The summed E-state index contributed by atoms with van der Waals surface area (Å²) in [5.74, 6) is -1.27. The molecule has 0 fully saturated rings. The van der Waals surface area contributed by atoms with Crippen LogP contribution in [0.1, 0.15) is 41.0 Å². The fraction of sp³-hybridized carbons (Fsp3) is 0.467. The van der Waals surface area contributed by atoms with Crippen LogP contribution in [0.2, 0.25) is 0 Å². The Hall–Kier alpha value is -1.88. The van der Waals surface area contributed by atoms with Gasteiger partial charge in [-0.1, -0.05) is 6.07 Å². The minimum Gasteiger partial charge on any atom is -0.478 e. The maximum Gasteiger partial charge on any atom is 0.335 e. The first-order chi connectivity index (χ1) is 9.41. The second-order valence-corrected chi connectivity index (χ2v) is 5.07. The molecule has 1 aromatic carbocycles. The predicted molar refractivity (Wildman–Crippen MR) is 78.1 cm³/mol. The topological polar surface area (TPSA) is 69.6 Å². The molecular formula is C15H22N2O3. The van der Waals surface area contributed by atoms with E-state index in [9.17, 15) is 9.59 Å². The Morgan fingerprint density at radius 1 is 1.30 bits per heavy atom. The van der Waals surface area contributed by atoms with Crippen LogP contribution >= 0.6 is 0 Å². The second kappa shape index (κ2) is 7.65. The molecule has 0 aliphatic rings. The van der Waals surface area contributed by atoms with Crippen molar-refractivity contribution in [3.63, 3.8) is 0 Å². The third-order valence-electron chi connectivity index (χ3n) is 3.23. The highest BCUT2D eigenvalue weighted by molar-refractivity contribution is 5.97. The summed E-state index contributed by atoms with van der Waals surface area (Å²) in [6.07, 6.45) is 0.860. The minimum absolute atomic E-state index is 0.122. The number of amides is 1. The zero-order chi connectivity index (χ0) is 15.1. The largest absolute Gasteiger partial charge is 0.478 e. The van der Waals surface area contributed by atoms with Gasteiger partial charge in [-0.15, -0.1) is 0 Å². The van der Waals surface area contributed by atoms with Crippen molar-refractivity contribution in [2.45, 2.75) is 26.3 Å². The molecule has 5 nitrogen and oxygen atoms in total. The van der Waals surface area contributed by atoms with Gasteiger partial charge in [-0.2, -0.15) is 0 Å². The standard InChI is InChI=1S/C15H22N2O3/c1-11(2)17(3)9-5-8-16-14(18)12-6-4-7-13(10-12)15(19)20/h4,6-7,10-11H,5,8-9H2,1-3H3,(H,16,18)(H,19,20). The Labute approximate surface area is 119 Å². The molecule has 1 amide bonds. The number of hydrogen-bond acceptors (Lipinski definition) is 3. The van der Waals surface area contributed by atoms with Crippen LogP contribution in [0.5, 0.6) is 0 Å². The maximum atomic E-state index is 11.9. The SMILES string of the molecule is CC(C)N(C)CCCNC(=O)c1cccc(C(=O)O)c1. The van der Waals surface area contributed by atoms with E-state index in [2.05, 4.69) is 24.1 Å². The summed E-state index contributed by atoms with van der Waals surface area (Å²) in [4.78, 5) is 24.9. The number of nitrogens with one attached hydrogen (secondary N) is 1. The van der Waals surface area contributed by atoms with Crippen molar-refractivity contribution < 1.29 is 14.7 Å². The first-order valence-electron chi connectivity index (χ1n) is 6.73. The third-order valence-corrected chi connectivity index (χ3v) is 3.23. The van der Waals surface area contributed by atoms with E-state index in [-0.39, 0.29) is 11.5 Å². The second-order valence-electron chi connectivity index (χ2n) is 5.07. The maximum absolute atomic E-state index is 11.9. The summed E-state index contributed by atoms with van der Waals surface area (Å²) in [7, 11) is 2.04. The van der Waals surface area contributed by atoms with Gasteiger partial charge in [0.2, 0.25) is 0 Å². The smallest absolute Gasteiger partial charge is 0.335 e. The number of carbonyl (C=O) groups is 2. The van der Waals surface area contributed by atoms with Crippen LogP contribution in [0.15, 0.2) is 24.3 Å². The van der Waals surface area contributed by atoms with Crippen LogP contribution in [-0.2, 0) is 0 Å². The highest BCUT2D eigenvalue weighted by Gasteiger charge is 2.09. The van der Waals surface area contributed by atoms with Crippen molar-refractivity contribution in [2.75, 3.05) is 20.1 Å². The third kappa shape index (κ3) is 5.01. The summed E-state index contributed by atoms with van der Waals surface area (Å²) in [5, 5.41) is 11.7. The van der Waals surface area contributed by atoms with Crippen LogP contribution in [0, 0.1) is 0 Å². The number of carboxylic acids is 1. The van der Waals surface area contributed by atoms with E-state index in [4.69, 9.17) is 5.11 Å². The van der Waals surface area contributed by atoms with Gasteiger partial charge in [0.25, 0.3) is 5.91 Å². The molecule has 0 bridgehead atoms. The van der Waals surface area contributed by atoms with Gasteiger partial charge in [-0.3, -0.25) is 4.79 Å². The molecule has 5 heteroatoms. The minimum atomic E-state index is -1.03. The summed E-state index contributed by atoms with van der Waals surface area (Å²) >= 11 is 0. The van der Waals surface area contributed by atoms with Crippen molar-refractivity contribution >= 4 is 11.9 Å². The Morgan fingerprint density at radius 3 is 2.55 bits per heavy atom. The molecule has 0 aliphatic heterocycles. The number of benzene rings is 1. The Bertz CT molecular complexity index is 472. The van der Waals surface area contributed by atoms with Crippen LogP contribution in [0.3, 0.4) is 0 Å². The molecule has 0 spiro atoms. The molecule has 2 N–H and O–H groups in total. The van der Waals surface area contributed by atoms with E-state index in [0.717, 1.165) is 13.0 Å². The molecule has 0 heterocycles. The molecule has 0 saturated carbocycles. The molecule has 0 saturated heterocycles. The quantitative estimate of drug-likeness (QED) is 0.747. The summed E-state index contributed by atoms with van der Waals surface area (Å²) in [6.45, 7) is 5.73. The Morgan fingerprint density at radius 2 is 1.95 bits per heavy atom. The van der Waals surface area contributed by atoms with E-state index in [1.807, 2.05) is 7.05 Å². The fourth-order valence-corrected chi connectivity index (χ4v) is 1.68. The normalized spacial score (nSPS) is 10.8. The zero-order valence-corrected chi connectivity index (χ0v) is 12.2. The summed E-state index contributed by atoms with van der Waals surface area (Å²) in [6, 6.07) is 6.53. The molecule has 0 unspecified atom stereocenters. The predicted octanol–water partition coefficient (Wildman–Crippen LogP) is 1.84. The van der Waals surface area contributed by atoms with Gasteiger partial charge >= 0.3 is 5.97 Å². The van der Waals surface area contributed by atoms with Gasteiger partial charge in [0.05, 0.1) is 5.56 Å². The molecule has 110 valence electrons. The molecular weight excluding hydrogens is 256 g/mol. The highest BCUT2D eigenvalue weighted by atomic mass is 16.4. The van der Waals surface area contributed by atoms with E-state index in [0.29, 0.717) is 18.2 Å². The first kappa shape index (κ1) is 16.2. The van der Waals surface area contributed by atoms with Crippen molar-refractivity contribution in [3.05, 3.63) is 35.4 Å². The molecule has 20 heavy (non-hydrogen) atoms. The molecule has 0 aromatic heterocycles. The summed E-state index contributed by atoms with van der Waals surface area (Å²) in [5.41, 5.74) is 0.499. The molecule has 1 rings (SSSR count). The summed E-state index contributed by atoms with van der Waals surface area (Å²) < 4.78 is 0. The number of aromatic carboxylic acids is 1. The molecule has 0 radical (unpaired) electrons. The number of nitrogens with zero attached hydrogens (tertiary/aromatic N) is 1. The first-order valence-corrected chi connectivity index (χ1v) is 6.73. The van der Waals surface area contributed by atoms with Gasteiger partial charge in [-0.05, 0) is 52.1 Å². The van der Waals surface area contributed by atoms with Crippen molar-refractivity contribution in [2.24, 2.45) is 0 Å². The van der Waals surface area contributed by atoms with Crippen LogP contribution in [0.25, 0.3) is 0 Å². The van der Waals surface area contributed by atoms with Crippen LogP contribution in [-0.4, -0.2) is 48.1 Å². The Balaban J connectivity index is 2.43. The Kier molecular flexibility index (Phi) is 6.18. The number of rotatable bonds is 7. The van der Waals surface area contributed by atoms with Gasteiger partial charge in [0, 0.05) is 18.2 Å². The lowest BCUT2D eigenvalue weighted by Gasteiger charge is -2.20. The van der Waals surface area contributed by atoms with E-state index < -0.39 is 5.97 Å². The van der Waals surface area contributed by atoms with Crippen molar-refractivity contribution in [1.82, 2.24) is 10.2 Å². The lowest BCUT2D eigenvalue weighted by atomic mass is 10.1. The molecule has 1 aromatic rings. The van der Waals surface area contributed by atoms with Crippen molar-refractivity contribution in [3.8, 4) is 0 Å². The van der Waals surface area contributed by atoms with Crippen LogP contribution < -0.4 is 5.32 Å². The van der Waals surface area contributed by atoms with E-state index in [1.54, 1.807) is 12.1 Å². The van der Waals surface area contributed by atoms with Crippen LogP contribution in [0.4, 0.5) is 0 Å². The zero-order valence-electron chi connectivity index (χ0n) is 12.2. The lowest BCUT2D eigenvalue weighted by molar-refractivity contribution is 0.0697. The number of carboxylic acid groups (broad SMARTS) is 1. The fourth-order valence-electron chi connectivity index (χ4n) is 1.68. The molecule has 0 atom stereocenters. The van der Waals surface area contributed by atoms with Gasteiger partial charge < -0.3 is 15.3 Å². The number of hydrogen-bond donors (Lipinski definition) is 2. The lowest BCUT2D eigenvalue weighted by Crippen LogP contribution is -2.31. The van der Waals surface area contributed by atoms with E-state index >= 15 is 0 Å². The average Bonchev–Trinajstić information content (AvgIpc) is 2.43. The molecule has 0 aliphatic carbocycles. The average molecular weight is 278 g/mol. The van der Waals surface area contributed by atoms with Gasteiger partial charge in [-0.25, -0.2) is 4.79 Å². The van der Waals surface area contributed by atoms with Gasteiger partial charge in [0.1, 0.15) is 0 Å². The van der Waals surface area contributed by atoms with Gasteiger partial charge in [0.15, 0.2) is 0 Å². The van der Waals surface area contributed by atoms with Crippen molar-refractivity contribution in [1.29, 1.82) is 0 Å². The number of carbonyl (C=O) groups excluding carboxylic acids is 1.